The number of hydrogen-bond acceptors (Lipinski definition) is 2. The highest BCUT2D eigenvalue weighted by Crippen LogP contribution is 2.29. The van der Waals surface area contributed by atoms with Crippen molar-refractivity contribution in [2.75, 3.05) is 0 Å². The van der Waals surface area contributed by atoms with Crippen LogP contribution in [0.1, 0.15) is 31.4 Å². The fourth-order valence-corrected chi connectivity index (χ4v) is 2.50. The van der Waals surface area contributed by atoms with Gasteiger partial charge in [0.15, 0.2) is 0 Å². The molecule has 0 amide bonds. The topological polar surface area (TPSA) is 33.0 Å². The van der Waals surface area contributed by atoms with E-state index in [1.54, 1.807) is 18.2 Å². The SMILES string of the molecule is CC[C@@H](C)Oc1ccc(/C=C(/C#N)c2cccc(F)c2)cc1Br. The molecule has 0 fully saturated rings. The maximum atomic E-state index is 13.3. The Bertz CT molecular complexity index is 764. The Hall–Kier alpha value is -2.12. The Morgan fingerprint density at radius 2 is 2.13 bits per heavy atom. The molecule has 0 unspecified atom stereocenters. The number of nitrogens with zero attached hydrogens (tertiary/aromatic N) is 1. The average molecular weight is 374 g/mol. The van der Waals surface area contributed by atoms with Gasteiger partial charge in [-0.15, -0.1) is 0 Å². The number of nitriles is 1. The lowest BCUT2D eigenvalue weighted by molar-refractivity contribution is 0.216. The molecule has 0 aromatic heterocycles. The summed E-state index contributed by atoms with van der Waals surface area (Å²) in [7, 11) is 0. The lowest BCUT2D eigenvalue weighted by Gasteiger charge is -2.14. The van der Waals surface area contributed by atoms with Crippen molar-refractivity contribution in [3.8, 4) is 11.8 Å². The first-order valence-electron chi connectivity index (χ1n) is 7.37. The summed E-state index contributed by atoms with van der Waals surface area (Å²) >= 11 is 3.49. The van der Waals surface area contributed by atoms with Crippen LogP contribution in [-0.2, 0) is 0 Å². The van der Waals surface area contributed by atoms with Gasteiger partial charge < -0.3 is 4.74 Å². The molecule has 2 rings (SSSR count). The van der Waals surface area contributed by atoms with E-state index in [1.807, 2.05) is 25.1 Å². The smallest absolute Gasteiger partial charge is 0.133 e. The molecule has 0 saturated heterocycles. The second-order valence-corrected chi connectivity index (χ2v) is 6.06. The Labute approximate surface area is 144 Å². The largest absolute Gasteiger partial charge is 0.490 e. The van der Waals surface area contributed by atoms with Gasteiger partial charge in [0.25, 0.3) is 0 Å². The molecule has 0 N–H and O–H groups in total. The predicted octanol–water partition coefficient (Wildman–Crippen LogP) is 5.83. The van der Waals surface area contributed by atoms with Gasteiger partial charge in [-0.2, -0.15) is 5.26 Å². The molecule has 0 saturated carbocycles. The van der Waals surface area contributed by atoms with Crippen LogP contribution >= 0.6 is 15.9 Å². The molecule has 2 nitrogen and oxygen atoms in total. The number of rotatable bonds is 5. The third kappa shape index (κ3) is 4.67. The fraction of sp³-hybridized carbons (Fsp3) is 0.211. The summed E-state index contributed by atoms with van der Waals surface area (Å²) in [6.45, 7) is 4.08. The van der Waals surface area contributed by atoms with Crippen molar-refractivity contribution in [3.05, 3.63) is 63.9 Å². The van der Waals surface area contributed by atoms with Gasteiger partial charge in [-0.1, -0.05) is 25.1 Å². The minimum atomic E-state index is -0.359. The molecule has 1 atom stereocenters. The van der Waals surface area contributed by atoms with Gasteiger partial charge in [0, 0.05) is 0 Å². The van der Waals surface area contributed by atoms with Crippen LogP contribution in [0.2, 0.25) is 0 Å². The van der Waals surface area contributed by atoms with Crippen LogP contribution in [0.25, 0.3) is 11.6 Å². The molecule has 23 heavy (non-hydrogen) atoms. The molecule has 2 aromatic carbocycles. The molecule has 0 aliphatic carbocycles. The summed E-state index contributed by atoms with van der Waals surface area (Å²) in [6.07, 6.45) is 2.79. The van der Waals surface area contributed by atoms with Gasteiger partial charge in [-0.3, -0.25) is 0 Å². The summed E-state index contributed by atoms with van der Waals surface area (Å²) in [5.41, 5.74) is 1.81. The lowest BCUT2D eigenvalue weighted by atomic mass is 10.0. The van der Waals surface area contributed by atoms with Crippen LogP contribution in [0.15, 0.2) is 46.9 Å². The van der Waals surface area contributed by atoms with E-state index in [-0.39, 0.29) is 11.9 Å². The number of allylic oxidation sites excluding steroid dienone is 1. The fourth-order valence-electron chi connectivity index (χ4n) is 2.01. The van der Waals surface area contributed by atoms with Crippen LogP contribution in [0.3, 0.4) is 0 Å². The van der Waals surface area contributed by atoms with E-state index in [0.717, 1.165) is 22.2 Å². The molecule has 4 heteroatoms. The van der Waals surface area contributed by atoms with E-state index >= 15 is 0 Å². The quantitative estimate of drug-likeness (QED) is 0.487. The van der Waals surface area contributed by atoms with Crippen molar-refractivity contribution in [1.82, 2.24) is 0 Å². The van der Waals surface area contributed by atoms with Gasteiger partial charge in [0.2, 0.25) is 0 Å². The predicted molar refractivity (Wildman–Crippen MR) is 94.4 cm³/mol. The van der Waals surface area contributed by atoms with E-state index in [1.165, 1.54) is 12.1 Å². The third-order valence-corrected chi connectivity index (χ3v) is 4.05. The number of hydrogen-bond donors (Lipinski definition) is 0. The zero-order valence-electron chi connectivity index (χ0n) is 13.0. The van der Waals surface area contributed by atoms with E-state index in [2.05, 4.69) is 28.9 Å². The summed E-state index contributed by atoms with van der Waals surface area (Å²) in [4.78, 5) is 0. The summed E-state index contributed by atoms with van der Waals surface area (Å²) in [6, 6.07) is 13.8. The van der Waals surface area contributed by atoms with Gasteiger partial charge in [-0.25, -0.2) is 4.39 Å². The van der Waals surface area contributed by atoms with Gasteiger partial charge in [-0.05, 0) is 70.7 Å². The van der Waals surface area contributed by atoms with Crippen LogP contribution in [-0.4, -0.2) is 6.10 Å². The summed E-state index contributed by atoms with van der Waals surface area (Å²) in [5.74, 6) is 0.405. The molecule has 118 valence electrons. The maximum Gasteiger partial charge on any atom is 0.133 e. The second-order valence-electron chi connectivity index (χ2n) is 5.21. The zero-order chi connectivity index (χ0) is 16.8. The first-order valence-corrected chi connectivity index (χ1v) is 8.16. The van der Waals surface area contributed by atoms with Crippen molar-refractivity contribution >= 4 is 27.6 Å². The first-order chi connectivity index (χ1) is 11.0. The Morgan fingerprint density at radius 3 is 2.74 bits per heavy atom. The lowest BCUT2D eigenvalue weighted by Crippen LogP contribution is -2.09. The molecule has 0 radical (unpaired) electrons. The maximum absolute atomic E-state index is 13.3. The molecule has 0 aliphatic rings. The van der Waals surface area contributed by atoms with Crippen LogP contribution in [0.4, 0.5) is 4.39 Å². The highest BCUT2D eigenvalue weighted by atomic mass is 79.9. The van der Waals surface area contributed by atoms with Gasteiger partial charge >= 0.3 is 0 Å². The van der Waals surface area contributed by atoms with Crippen molar-refractivity contribution in [2.45, 2.75) is 26.4 Å². The second kappa shape index (κ2) is 7.94. The molecule has 0 bridgehead atoms. The molecule has 0 aliphatic heterocycles. The highest BCUT2D eigenvalue weighted by molar-refractivity contribution is 9.10. The van der Waals surface area contributed by atoms with E-state index in [9.17, 15) is 9.65 Å². The van der Waals surface area contributed by atoms with E-state index in [0.29, 0.717) is 11.1 Å². The Kier molecular flexibility index (Phi) is 5.95. The first kappa shape index (κ1) is 17.2. The minimum absolute atomic E-state index is 0.134. The van der Waals surface area contributed by atoms with Gasteiger partial charge in [0.05, 0.1) is 22.2 Å². The number of ether oxygens (including phenoxy) is 1. The number of halogens is 2. The Balaban J connectivity index is 2.31. The van der Waals surface area contributed by atoms with E-state index in [4.69, 9.17) is 4.74 Å². The zero-order valence-corrected chi connectivity index (χ0v) is 14.6. The highest BCUT2D eigenvalue weighted by Gasteiger charge is 2.07. The van der Waals surface area contributed by atoms with E-state index < -0.39 is 0 Å². The molecule has 0 spiro atoms. The van der Waals surface area contributed by atoms with Crippen LogP contribution in [0.5, 0.6) is 5.75 Å². The number of benzene rings is 2. The molecular formula is C19H17BrFNO. The summed E-state index contributed by atoms with van der Waals surface area (Å²) in [5, 5.41) is 9.33. The average Bonchev–Trinajstić information content (AvgIpc) is 2.54. The van der Waals surface area contributed by atoms with Crippen LogP contribution in [0, 0.1) is 17.1 Å². The van der Waals surface area contributed by atoms with Crippen molar-refractivity contribution < 1.29 is 9.13 Å². The molecule has 2 aromatic rings. The monoisotopic (exact) mass is 373 g/mol. The normalized spacial score (nSPS) is 12.6. The minimum Gasteiger partial charge on any atom is -0.490 e. The molecule has 0 heterocycles. The summed E-state index contributed by atoms with van der Waals surface area (Å²) < 4.78 is 19.9. The Morgan fingerprint density at radius 1 is 1.35 bits per heavy atom. The van der Waals surface area contributed by atoms with Gasteiger partial charge in [0.1, 0.15) is 11.6 Å². The third-order valence-electron chi connectivity index (χ3n) is 3.43. The van der Waals surface area contributed by atoms with Crippen LogP contribution < -0.4 is 4.74 Å². The standard InChI is InChI=1S/C19H17BrFNO/c1-3-13(2)23-19-8-7-14(10-18(19)20)9-16(12-22)15-5-4-6-17(21)11-15/h4-11,13H,3H2,1-2H3/b16-9-/t13-/m1/s1. The van der Waals surface area contributed by atoms with Crippen molar-refractivity contribution in [3.63, 3.8) is 0 Å². The van der Waals surface area contributed by atoms with Crippen molar-refractivity contribution in [2.24, 2.45) is 0 Å². The molecular weight excluding hydrogens is 357 g/mol. The van der Waals surface area contributed by atoms with Crippen molar-refractivity contribution in [1.29, 1.82) is 5.26 Å².